The van der Waals surface area contributed by atoms with Gasteiger partial charge >= 0.3 is 5.97 Å². The van der Waals surface area contributed by atoms with Crippen molar-refractivity contribution in [1.82, 2.24) is 0 Å². The van der Waals surface area contributed by atoms with Gasteiger partial charge in [0, 0.05) is 24.1 Å². The number of benzene rings is 1. The molecule has 0 radical (unpaired) electrons. The van der Waals surface area contributed by atoms with E-state index < -0.39 is 12.6 Å². The van der Waals surface area contributed by atoms with E-state index in [1.165, 1.54) is 6.08 Å². The minimum atomic E-state index is -1.04. The van der Waals surface area contributed by atoms with Crippen LogP contribution in [0.4, 0.5) is 4.39 Å². The molecule has 0 amide bonds. The van der Waals surface area contributed by atoms with Gasteiger partial charge in [-0.1, -0.05) is 6.92 Å². The van der Waals surface area contributed by atoms with Crippen molar-refractivity contribution in [2.24, 2.45) is 0 Å². The fourth-order valence-electron chi connectivity index (χ4n) is 1.48. The second-order valence-electron chi connectivity index (χ2n) is 4.11. The molecule has 0 unspecified atom stereocenters. The predicted octanol–water partition coefficient (Wildman–Crippen LogP) is 3.31. The molecule has 0 aliphatic heterocycles. The summed E-state index contributed by atoms with van der Waals surface area (Å²) in [6.45, 7) is 2.38. The van der Waals surface area contributed by atoms with Crippen LogP contribution in [0.5, 0.6) is 11.5 Å². The van der Waals surface area contributed by atoms with Gasteiger partial charge in [-0.05, 0) is 24.6 Å². The Morgan fingerprint density at radius 2 is 2.15 bits per heavy atom. The molecule has 4 nitrogen and oxygen atoms in total. The third kappa shape index (κ3) is 5.73. The number of ether oxygens (including phenoxy) is 2. The lowest BCUT2D eigenvalue weighted by Crippen LogP contribution is -2.01. The average molecular weight is 282 g/mol. The molecule has 1 aromatic carbocycles. The fourth-order valence-corrected chi connectivity index (χ4v) is 1.48. The van der Waals surface area contributed by atoms with Gasteiger partial charge in [-0.3, -0.25) is 4.39 Å². The van der Waals surface area contributed by atoms with Crippen LogP contribution in [0.15, 0.2) is 24.3 Å². The van der Waals surface area contributed by atoms with Crippen molar-refractivity contribution in [1.29, 1.82) is 0 Å². The summed E-state index contributed by atoms with van der Waals surface area (Å²) < 4.78 is 23.1. The molecular weight excluding hydrogens is 263 g/mol. The SMILES string of the molecule is CCCOc1ccc(/C=C/C(=O)O)c(OCCCF)c1. The van der Waals surface area contributed by atoms with Crippen LogP contribution in [0.3, 0.4) is 0 Å². The van der Waals surface area contributed by atoms with Crippen LogP contribution in [-0.4, -0.2) is 31.0 Å². The maximum atomic E-state index is 12.1. The van der Waals surface area contributed by atoms with Gasteiger partial charge in [-0.15, -0.1) is 0 Å². The van der Waals surface area contributed by atoms with Crippen LogP contribution in [0.1, 0.15) is 25.3 Å². The topological polar surface area (TPSA) is 55.8 Å². The van der Waals surface area contributed by atoms with Crippen LogP contribution in [0, 0.1) is 0 Å². The van der Waals surface area contributed by atoms with Crippen LogP contribution >= 0.6 is 0 Å². The van der Waals surface area contributed by atoms with Gasteiger partial charge in [0.05, 0.1) is 19.9 Å². The Balaban J connectivity index is 2.87. The van der Waals surface area contributed by atoms with Crippen LogP contribution in [-0.2, 0) is 4.79 Å². The molecule has 0 fully saturated rings. The lowest BCUT2D eigenvalue weighted by molar-refractivity contribution is -0.131. The number of alkyl halides is 1. The third-order valence-electron chi connectivity index (χ3n) is 2.40. The summed E-state index contributed by atoms with van der Waals surface area (Å²) in [6, 6.07) is 5.16. The molecule has 0 aromatic heterocycles. The van der Waals surface area contributed by atoms with E-state index >= 15 is 0 Å². The lowest BCUT2D eigenvalue weighted by Gasteiger charge is -2.11. The Morgan fingerprint density at radius 1 is 1.35 bits per heavy atom. The number of carboxylic acid groups (broad SMARTS) is 1. The zero-order valence-corrected chi connectivity index (χ0v) is 11.5. The Labute approximate surface area is 117 Å². The smallest absolute Gasteiger partial charge is 0.328 e. The molecule has 0 atom stereocenters. The quantitative estimate of drug-likeness (QED) is 0.557. The summed E-state index contributed by atoms with van der Waals surface area (Å²) in [4.78, 5) is 10.6. The van der Waals surface area contributed by atoms with Crippen molar-refractivity contribution in [3.8, 4) is 11.5 Å². The largest absolute Gasteiger partial charge is 0.493 e. The fraction of sp³-hybridized carbons (Fsp3) is 0.400. The summed E-state index contributed by atoms with van der Waals surface area (Å²) in [7, 11) is 0. The molecule has 1 rings (SSSR count). The summed E-state index contributed by atoms with van der Waals surface area (Å²) in [6.07, 6.45) is 3.65. The number of hydrogen-bond donors (Lipinski definition) is 1. The van der Waals surface area contributed by atoms with Crippen LogP contribution in [0.2, 0.25) is 0 Å². The van der Waals surface area contributed by atoms with Crippen molar-refractivity contribution in [3.63, 3.8) is 0 Å². The van der Waals surface area contributed by atoms with Gasteiger partial charge in [0.15, 0.2) is 0 Å². The van der Waals surface area contributed by atoms with E-state index in [0.717, 1.165) is 12.5 Å². The highest BCUT2D eigenvalue weighted by atomic mass is 19.1. The van der Waals surface area contributed by atoms with Crippen molar-refractivity contribution < 1.29 is 23.8 Å². The Hall–Kier alpha value is -2.04. The molecule has 5 heteroatoms. The zero-order chi connectivity index (χ0) is 14.8. The van der Waals surface area contributed by atoms with Crippen molar-refractivity contribution in [3.05, 3.63) is 29.8 Å². The van der Waals surface area contributed by atoms with E-state index in [1.807, 2.05) is 6.92 Å². The van der Waals surface area contributed by atoms with Gasteiger partial charge in [0.2, 0.25) is 0 Å². The highest BCUT2D eigenvalue weighted by Gasteiger charge is 2.05. The first-order valence-corrected chi connectivity index (χ1v) is 6.54. The molecule has 1 aromatic rings. The number of aliphatic carboxylic acids is 1. The van der Waals surface area contributed by atoms with E-state index in [0.29, 0.717) is 30.1 Å². The number of carboxylic acids is 1. The summed E-state index contributed by atoms with van der Waals surface area (Å²) in [5.74, 6) is 0.102. The van der Waals surface area contributed by atoms with E-state index in [2.05, 4.69) is 0 Å². The molecule has 0 aliphatic rings. The molecule has 20 heavy (non-hydrogen) atoms. The first-order chi connectivity index (χ1) is 9.67. The van der Waals surface area contributed by atoms with Gasteiger partial charge in [-0.25, -0.2) is 4.79 Å². The second-order valence-corrected chi connectivity index (χ2v) is 4.11. The summed E-state index contributed by atoms with van der Waals surface area (Å²) in [5.41, 5.74) is 0.620. The maximum absolute atomic E-state index is 12.1. The minimum Gasteiger partial charge on any atom is -0.493 e. The van der Waals surface area contributed by atoms with Crippen molar-refractivity contribution in [2.45, 2.75) is 19.8 Å². The number of hydrogen-bond acceptors (Lipinski definition) is 3. The van der Waals surface area contributed by atoms with E-state index in [1.54, 1.807) is 18.2 Å². The van der Waals surface area contributed by atoms with Crippen molar-refractivity contribution in [2.75, 3.05) is 19.9 Å². The summed E-state index contributed by atoms with van der Waals surface area (Å²) in [5, 5.41) is 8.65. The van der Waals surface area contributed by atoms with E-state index in [-0.39, 0.29) is 6.61 Å². The molecule has 0 spiro atoms. The number of halogens is 1. The summed E-state index contributed by atoms with van der Waals surface area (Å²) >= 11 is 0. The molecule has 1 N–H and O–H groups in total. The molecule has 0 bridgehead atoms. The zero-order valence-electron chi connectivity index (χ0n) is 11.5. The van der Waals surface area contributed by atoms with E-state index in [4.69, 9.17) is 14.6 Å². The molecule has 0 saturated carbocycles. The van der Waals surface area contributed by atoms with Gasteiger partial charge < -0.3 is 14.6 Å². The average Bonchev–Trinajstić information content (AvgIpc) is 2.44. The minimum absolute atomic E-state index is 0.238. The Kier molecular flexibility index (Phi) is 7.17. The molecule has 0 heterocycles. The lowest BCUT2D eigenvalue weighted by atomic mass is 10.1. The van der Waals surface area contributed by atoms with Crippen LogP contribution < -0.4 is 9.47 Å². The molecule has 0 saturated heterocycles. The predicted molar refractivity (Wildman–Crippen MR) is 75.0 cm³/mol. The Morgan fingerprint density at radius 3 is 2.80 bits per heavy atom. The number of rotatable bonds is 9. The Bertz CT molecular complexity index is 457. The first-order valence-electron chi connectivity index (χ1n) is 6.54. The number of carbonyl (C=O) groups is 1. The molecule has 110 valence electrons. The normalized spacial score (nSPS) is 10.7. The van der Waals surface area contributed by atoms with E-state index in [9.17, 15) is 9.18 Å². The van der Waals surface area contributed by atoms with Gasteiger partial charge in [-0.2, -0.15) is 0 Å². The van der Waals surface area contributed by atoms with Crippen LogP contribution in [0.25, 0.3) is 6.08 Å². The third-order valence-corrected chi connectivity index (χ3v) is 2.40. The first kappa shape index (κ1) is 16.0. The molecular formula is C15H19FO4. The monoisotopic (exact) mass is 282 g/mol. The highest BCUT2D eigenvalue weighted by molar-refractivity contribution is 5.86. The van der Waals surface area contributed by atoms with Gasteiger partial charge in [0.25, 0.3) is 0 Å². The maximum Gasteiger partial charge on any atom is 0.328 e. The standard InChI is InChI=1S/C15H19FO4/c1-2-9-19-13-6-4-12(5-7-15(17)18)14(11-13)20-10-3-8-16/h4-7,11H,2-3,8-10H2,1H3,(H,17,18)/b7-5+. The second kappa shape index (κ2) is 8.96. The van der Waals surface area contributed by atoms with Crippen molar-refractivity contribution >= 4 is 12.0 Å². The highest BCUT2D eigenvalue weighted by Crippen LogP contribution is 2.26. The molecule has 0 aliphatic carbocycles. The van der Waals surface area contributed by atoms with Gasteiger partial charge in [0.1, 0.15) is 11.5 Å².